The fourth-order valence-corrected chi connectivity index (χ4v) is 1.83. The van der Waals surface area contributed by atoms with Gasteiger partial charge in [0.05, 0.1) is 6.10 Å². The molecule has 2 atom stereocenters. The fraction of sp³-hybridized carbons (Fsp3) is 0.562. The number of hydrogen-bond acceptors (Lipinski definition) is 3. The first-order valence-corrected chi connectivity index (χ1v) is 7.28. The third-order valence-electron chi connectivity index (χ3n) is 3.11. The summed E-state index contributed by atoms with van der Waals surface area (Å²) in [7, 11) is 0. The van der Waals surface area contributed by atoms with Crippen molar-refractivity contribution in [3.8, 4) is 0 Å². The molecular weight excluding hydrogens is 252 g/mol. The van der Waals surface area contributed by atoms with Gasteiger partial charge in [0.15, 0.2) is 0 Å². The Hall–Kier alpha value is -1.39. The van der Waals surface area contributed by atoms with Crippen LogP contribution in [0.4, 0.5) is 0 Å². The number of benzene rings is 1. The smallest absolute Gasteiger partial charge is 0.220 e. The summed E-state index contributed by atoms with van der Waals surface area (Å²) in [5.41, 5.74) is 6.78. The van der Waals surface area contributed by atoms with Crippen LogP contribution in [0, 0.1) is 0 Å². The van der Waals surface area contributed by atoms with Gasteiger partial charge >= 0.3 is 0 Å². The van der Waals surface area contributed by atoms with Crippen molar-refractivity contribution in [3.63, 3.8) is 0 Å². The van der Waals surface area contributed by atoms with E-state index in [1.54, 1.807) is 0 Å². The van der Waals surface area contributed by atoms with E-state index in [1.165, 1.54) is 5.56 Å². The summed E-state index contributed by atoms with van der Waals surface area (Å²) < 4.78 is 5.74. The van der Waals surface area contributed by atoms with Crippen LogP contribution >= 0.6 is 0 Å². The molecule has 1 aromatic rings. The van der Waals surface area contributed by atoms with Crippen LogP contribution in [-0.2, 0) is 9.53 Å². The highest BCUT2D eigenvalue weighted by Crippen LogP contribution is 2.15. The Labute approximate surface area is 121 Å². The molecule has 4 nitrogen and oxygen atoms in total. The van der Waals surface area contributed by atoms with Crippen molar-refractivity contribution >= 4 is 5.91 Å². The Morgan fingerprint density at radius 3 is 2.65 bits per heavy atom. The molecule has 4 heteroatoms. The summed E-state index contributed by atoms with van der Waals surface area (Å²) in [5.74, 6) is 0.0680. The molecular formula is C16H26N2O2. The summed E-state index contributed by atoms with van der Waals surface area (Å²) in [4.78, 5) is 11.5. The standard InChI is InChI=1S/C16H26N2O2/c1-13(17)9-10-16(19)18-11-6-12-20-14(2)15-7-4-3-5-8-15/h3-5,7-8,13-14H,6,9-12,17H2,1-2H3,(H,18,19). The Morgan fingerprint density at radius 1 is 1.30 bits per heavy atom. The van der Waals surface area contributed by atoms with Crippen LogP contribution in [0.2, 0.25) is 0 Å². The second-order valence-corrected chi connectivity index (χ2v) is 5.14. The van der Waals surface area contributed by atoms with E-state index in [0.29, 0.717) is 19.6 Å². The molecule has 0 aliphatic rings. The lowest BCUT2D eigenvalue weighted by molar-refractivity contribution is -0.121. The first kappa shape index (κ1) is 16.7. The van der Waals surface area contributed by atoms with Crippen molar-refractivity contribution < 1.29 is 9.53 Å². The van der Waals surface area contributed by atoms with Crippen LogP contribution in [0.5, 0.6) is 0 Å². The molecule has 0 fully saturated rings. The number of rotatable bonds is 9. The molecule has 3 N–H and O–H groups in total. The first-order chi connectivity index (χ1) is 9.59. The maximum atomic E-state index is 11.5. The average Bonchev–Trinajstić information content (AvgIpc) is 2.45. The van der Waals surface area contributed by atoms with Crippen LogP contribution in [0.3, 0.4) is 0 Å². The van der Waals surface area contributed by atoms with Crippen LogP contribution in [0.25, 0.3) is 0 Å². The third kappa shape index (κ3) is 7.26. The van der Waals surface area contributed by atoms with E-state index in [0.717, 1.165) is 12.8 Å². The minimum Gasteiger partial charge on any atom is -0.374 e. The molecule has 1 aromatic carbocycles. The highest BCUT2D eigenvalue weighted by molar-refractivity contribution is 5.75. The van der Waals surface area contributed by atoms with Crippen molar-refractivity contribution in [2.24, 2.45) is 5.73 Å². The van der Waals surface area contributed by atoms with Crippen molar-refractivity contribution in [1.29, 1.82) is 0 Å². The van der Waals surface area contributed by atoms with Gasteiger partial charge in [0.1, 0.15) is 0 Å². The maximum absolute atomic E-state index is 11.5. The van der Waals surface area contributed by atoms with Gasteiger partial charge in [0.2, 0.25) is 5.91 Å². The summed E-state index contributed by atoms with van der Waals surface area (Å²) >= 11 is 0. The molecule has 0 aliphatic heterocycles. The van der Waals surface area contributed by atoms with Gasteiger partial charge in [-0.25, -0.2) is 0 Å². The molecule has 1 rings (SSSR count). The van der Waals surface area contributed by atoms with Gasteiger partial charge in [-0.3, -0.25) is 4.79 Å². The lowest BCUT2D eigenvalue weighted by Gasteiger charge is -2.13. The number of nitrogens with one attached hydrogen (secondary N) is 1. The largest absolute Gasteiger partial charge is 0.374 e. The zero-order valence-corrected chi connectivity index (χ0v) is 12.5. The Kier molecular flexibility index (Phi) is 7.92. The van der Waals surface area contributed by atoms with Crippen LogP contribution in [-0.4, -0.2) is 25.1 Å². The van der Waals surface area contributed by atoms with Gasteiger partial charge in [0, 0.05) is 25.6 Å². The molecule has 0 saturated heterocycles. The molecule has 0 heterocycles. The van der Waals surface area contributed by atoms with Gasteiger partial charge in [-0.05, 0) is 32.3 Å². The maximum Gasteiger partial charge on any atom is 0.220 e. The SMILES string of the molecule is CC(N)CCC(=O)NCCCOC(C)c1ccccc1. The van der Waals surface area contributed by atoms with Gasteiger partial charge in [-0.2, -0.15) is 0 Å². The van der Waals surface area contributed by atoms with Gasteiger partial charge < -0.3 is 15.8 Å². The van der Waals surface area contributed by atoms with Crippen LogP contribution in [0.15, 0.2) is 30.3 Å². The normalized spacial score (nSPS) is 13.8. The van der Waals surface area contributed by atoms with Crippen molar-refractivity contribution in [2.75, 3.05) is 13.2 Å². The molecule has 0 spiro atoms. The monoisotopic (exact) mass is 278 g/mol. The lowest BCUT2D eigenvalue weighted by atomic mass is 10.1. The van der Waals surface area contributed by atoms with E-state index < -0.39 is 0 Å². The topological polar surface area (TPSA) is 64.4 Å². The van der Waals surface area contributed by atoms with Gasteiger partial charge in [-0.15, -0.1) is 0 Å². The lowest BCUT2D eigenvalue weighted by Crippen LogP contribution is -2.27. The molecule has 2 unspecified atom stereocenters. The summed E-state index contributed by atoms with van der Waals surface area (Å²) in [5, 5.41) is 2.88. The molecule has 0 saturated carbocycles. The quantitative estimate of drug-likeness (QED) is 0.682. The van der Waals surface area contributed by atoms with Crippen LogP contribution < -0.4 is 11.1 Å². The molecule has 20 heavy (non-hydrogen) atoms. The Morgan fingerprint density at radius 2 is 2.00 bits per heavy atom. The van der Waals surface area contributed by atoms with E-state index in [2.05, 4.69) is 17.4 Å². The second-order valence-electron chi connectivity index (χ2n) is 5.14. The predicted molar refractivity (Wildman–Crippen MR) is 81.3 cm³/mol. The summed E-state index contributed by atoms with van der Waals surface area (Å²) in [6, 6.07) is 10.2. The van der Waals surface area contributed by atoms with Crippen molar-refractivity contribution in [1.82, 2.24) is 5.32 Å². The molecule has 0 radical (unpaired) electrons. The van der Waals surface area contributed by atoms with Gasteiger partial charge in [-0.1, -0.05) is 30.3 Å². The zero-order valence-electron chi connectivity index (χ0n) is 12.5. The number of ether oxygens (including phenoxy) is 1. The average molecular weight is 278 g/mol. The zero-order chi connectivity index (χ0) is 14.8. The van der Waals surface area contributed by atoms with E-state index in [-0.39, 0.29) is 18.1 Å². The Balaban J connectivity index is 2.06. The minimum atomic E-state index is 0.0680. The van der Waals surface area contributed by atoms with Crippen molar-refractivity contribution in [2.45, 2.75) is 45.3 Å². The highest BCUT2D eigenvalue weighted by Gasteiger charge is 2.05. The molecule has 112 valence electrons. The minimum absolute atomic E-state index is 0.0680. The van der Waals surface area contributed by atoms with E-state index in [1.807, 2.05) is 32.0 Å². The molecule has 0 aromatic heterocycles. The van der Waals surface area contributed by atoms with E-state index in [9.17, 15) is 4.79 Å². The van der Waals surface area contributed by atoms with E-state index in [4.69, 9.17) is 10.5 Å². The van der Waals surface area contributed by atoms with Gasteiger partial charge in [0.25, 0.3) is 0 Å². The number of amides is 1. The fourth-order valence-electron chi connectivity index (χ4n) is 1.83. The second kappa shape index (κ2) is 9.50. The summed E-state index contributed by atoms with van der Waals surface area (Å²) in [6.45, 7) is 5.24. The third-order valence-corrected chi connectivity index (χ3v) is 3.11. The summed E-state index contributed by atoms with van der Waals surface area (Å²) in [6.07, 6.45) is 2.14. The van der Waals surface area contributed by atoms with Crippen LogP contribution in [0.1, 0.15) is 44.8 Å². The number of carbonyl (C=O) groups is 1. The predicted octanol–water partition coefficient (Wildman–Crippen LogP) is 2.40. The number of nitrogens with two attached hydrogens (primary N) is 1. The van der Waals surface area contributed by atoms with E-state index >= 15 is 0 Å². The van der Waals surface area contributed by atoms with Crippen molar-refractivity contribution in [3.05, 3.63) is 35.9 Å². The molecule has 0 aliphatic carbocycles. The Bertz CT molecular complexity index is 379. The first-order valence-electron chi connectivity index (χ1n) is 7.28. The molecule has 0 bridgehead atoms. The molecule has 1 amide bonds. The highest BCUT2D eigenvalue weighted by atomic mass is 16.5. The number of hydrogen-bond donors (Lipinski definition) is 2. The number of carbonyl (C=O) groups excluding carboxylic acids is 1.